The lowest BCUT2D eigenvalue weighted by Gasteiger charge is -2.15. The zero-order valence-electron chi connectivity index (χ0n) is 12.0. The van der Waals surface area contributed by atoms with Crippen molar-refractivity contribution < 1.29 is 13.2 Å². The topological polar surface area (TPSA) is 81.4 Å². The van der Waals surface area contributed by atoms with Crippen LogP contribution in [0.5, 0.6) is 5.75 Å². The normalized spacial score (nSPS) is 20.2. The van der Waals surface area contributed by atoms with Gasteiger partial charge in [-0.2, -0.15) is 0 Å². The number of benzene rings is 1. The van der Waals surface area contributed by atoms with Crippen LogP contribution in [0.15, 0.2) is 24.3 Å². The van der Waals surface area contributed by atoms with E-state index in [2.05, 4.69) is 4.72 Å². The number of nitrogens with one attached hydrogen (secondary N) is 1. The molecule has 0 saturated heterocycles. The Bertz CT molecular complexity index is 607. The minimum absolute atomic E-state index is 0.0253. The summed E-state index contributed by atoms with van der Waals surface area (Å²) in [6.07, 6.45) is 4.86. The van der Waals surface area contributed by atoms with E-state index in [-0.39, 0.29) is 17.8 Å². The molecular weight excluding hydrogens is 288 g/mol. The molecule has 6 heteroatoms. The van der Waals surface area contributed by atoms with Crippen molar-refractivity contribution in [3.8, 4) is 5.75 Å². The first kappa shape index (κ1) is 14.7. The summed E-state index contributed by atoms with van der Waals surface area (Å²) in [6.45, 7) is 0.730. The van der Waals surface area contributed by atoms with E-state index in [0.29, 0.717) is 18.0 Å². The summed E-state index contributed by atoms with van der Waals surface area (Å²) in [5.74, 6) is 1.33. The predicted molar refractivity (Wildman–Crippen MR) is 82.5 cm³/mol. The summed E-state index contributed by atoms with van der Waals surface area (Å²) in [6, 6.07) is 7.00. The number of ether oxygens (including phenoxy) is 1. The number of hydrogen-bond acceptors (Lipinski definition) is 4. The van der Waals surface area contributed by atoms with Gasteiger partial charge in [-0.1, -0.05) is 6.07 Å². The lowest BCUT2D eigenvalue weighted by Crippen LogP contribution is -2.34. The molecule has 0 amide bonds. The van der Waals surface area contributed by atoms with Gasteiger partial charge in [-0.25, -0.2) is 13.1 Å². The maximum Gasteiger partial charge on any atom is 0.214 e. The summed E-state index contributed by atoms with van der Waals surface area (Å²) in [5, 5.41) is 0. The van der Waals surface area contributed by atoms with E-state index < -0.39 is 10.0 Å². The van der Waals surface area contributed by atoms with Gasteiger partial charge in [-0.3, -0.25) is 0 Å². The Labute approximate surface area is 125 Å². The third-order valence-electron chi connectivity index (χ3n) is 4.46. The molecule has 3 N–H and O–H groups in total. The van der Waals surface area contributed by atoms with Crippen LogP contribution in [0.4, 0.5) is 5.69 Å². The molecule has 5 nitrogen and oxygen atoms in total. The van der Waals surface area contributed by atoms with E-state index in [1.54, 1.807) is 24.3 Å². The van der Waals surface area contributed by atoms with Crippen molar-refractivity contribution in [2.45, 2.75) is 25.7 Å². The number of anilines is 1. The molecule has 2 fully saturated rings. The van der Waals surface area contributed by atoms with Gasteiger partial charge >= 0.3 is 0 Å². The van der Waals surface area contributed by atoms with Crippen molar-refractivity contribution >= 4 is 15.7 Å². The molecule has 0 heterocycles. The predicted octanol–water partition coefficient (Wildman–Crippen LogP) is 1.76. The molecule has 2 aliphatic carbocycles. The van der Waals surface area contributed by atoms with Gasteiger partial charge in [0.25, 0.3) is 0 Å². The third-order valence-corrected chi connectivity index (χ3v) is 5.75. The molecule has 0 aromatic heterocycles. The number of nitrogen functional groups attached to an aromatic ring is 1. The number of nitrogens with two attached hydrogens (primary N) is 1. The third kappa shape index (κ3) is 3.89. The van der Waals surface area contributed by atoms with Gasteiger partial charge < -0.3 is 10.5 Å². The summed E-state index contributed by atoms with van der Waals surface area (Å²) < 4.78 is 32.2. The van der Waals surface area contributed by atoms with Gasteiger partial charge in [0.05, 0.1) is 5.75 Å². The number of sulfonamides is 1. The lowest BCUT2D eigenvalue weighted by molar-refractivity contribution is 0.340. The van der Waals surface area contributed by atoms with Crippen molar-refractivity contribution in [1.29, 1.82) is 0 Å². The largest absolute Gasteiger partial charge is 0.492 e. The SMILES string of the molecule is Nc1cccc(OCCS(=O)(=O)NCC2(C3CC3)CC2)c1. The molecule has 2 aliphatic rings. The molecule has 0 aliphatic heterocycles. The molecular formula is C15H22N2O3S. The van der Waals surface area contributed by atoms with Gasteiger partial charge in [0.1, 0.15) is 12.4 Å². The minimum atomic E-state index is -3.27. The van der Waals surface area contributed by atoms with Crippen molar-refractivity contribution in [2.75, 3.05) is 24.6 Å². The Hall–Kier alpha value is -1.27. The number of rotatable bonds is 8. The molecule has 0 radical (unpaired) electrons. The van der Waals surface area contributed by atoms with Gasteiger partial charge in [-0.05, 0) is 49.1 Å². The van der Waals surface area contributed by atoms with E-state index in [9.17, 15) is 8.42 Å². The molecule has 0 atom stereocenters. The van der Waals surface area contributed by atoms with Crippen LogP contribution in [-0.2, 0) is 10.0 Å². The lowest BCUT2D eigenvalue weighted by atomic mass is 10.0. The molecule has 0 unspecified atom stereocenters. The maximum atomic E-state index is 12.0. The Morgan fingerprint density at radius 3 is 2.71 bits per heavy atom. The second-order valence-corrected chi connectivity index (χ2v) is 8.12. The van der Waals surface area contributed by atoms with Crippen LogP contribution < -0.4 is 15.2 Å². The van der Waals surface area contributed by atoms with Crippen LogP contribution in [0.25, 0.3) is 0 Å². The molecule has 2 saturated carbocycles. The maximum absolute atomic E-state index is 12.0. The van der Waals surface area contributed by atoms with Crippen LogP contribution in [0.3, 0.4) is 0 Å². The summed E-state index contributed by atoms with van der Waals surface area (Å²) >= 11 is 0. The summed E-state index contributed by atoms with van der Waals surface area (Å²) in [4.78, 5) is 0. The van der Waals surface area contributed by atoms with Crippen LogP contribution in [0.1, 0.15) is 25.7 Å². The van der Waals surface area contributed by atoms with Crippen LogP contribution in [-0.4, -0.2) is 27.3 Å². The van der Waals surface area contributed by atoms with E-state index >= 15 is 0 Å². The Kier molecular flexibility index (Phi) is 3.84. The molecule has 21 heavy (non-hydrogen) atoms. The van der Waals surface area contributed by atoms with Gasteiger partial charge in [-0.15, -0.1) is 0 Å². The zero-order valence-corrected chi connectivity index (χ0v) is 12.9. The number of hydrogen-bond donors (Lipinski definition) is 2. The highest BCUT2D eigenvalue weighted by Crippen LogP contribution is 2.60. The fourth-order valence-electron chi connectivity index (χ4n) is 2.79. The molecule has 0 spiro atoms. The van der Waals surface area contributed by atoms with E-state index in [4.69, 9.17) is 10.5 Å². The fourth-order valence-corrected chi connectivity index (χ4v) is 3.74. The van der Waals surface area contributed by atoms with Crippen LogP contribution in [0.2, 0.25) is 0 Å². The standard InChI is InChI=1S/C15H22N2O3S/c16-13-2-1-3-14(10-13)20-8-9-21(18,19)17-11-15(6-7-15)12-4-5-12/h1-3,10,12,17H,4-9,11,16H2. The Balaban J connectivity index is 1.43. The zero-order chi connectivity index (χ0) is 14.9. The van der Waals surface area contributed by atoms with Crippen molar-refractivity contribution in [2.24, 2.45) is 11.3 Å². The van der Waals surface area contributed by atoms with Crippen molar-refractivity contribution in [3.05, 3.63) is 24.3 Å². The first-order chi connectivity index (χ1) is 9.99. The van der Waals surface area contributed by atoms with Crippen LogP contribution in [0, 0.1) is 11.3 Å². The highest BCUT2D eigenvalue weighted by Gasteiger charge is 2.53. The van der Waals surface area contributed by atoms with Gasteiger partial charge in [0, 0.05) is 18.3 Å². The fraction of sp³-hybridized carbons (Fsp3) is 0.600. The van der Waals surface area contributed by atoms with E-state index in [0.717, 1.165) is 5.92 Å². The summed E-state index contributed by atoms with van der Waals surface area (Å²) in [5.41, 5.74) is 6.53. The van der Waals surface area contributed by atoms with E-state index in [1.807, 2.05) is 0 Å². The quantitative estimate of drug-likeness (QED) is 0.717. The van der Waals surface area contributed by atoms with Gasteiger partial charge in [0.15, 0.2) is 0 Å². The highest BCUT2D eigenvalue weighted by molar-refractivity contribution is 7.89. The Morgan fingerprint density at radius 1 is 1.33 bits per heavy atom. The first-order valence-corrected chi connectivity index (χ1v) is 9.10. The Morgan fingerprint density at radius 2 is 2.10 bits per heavy atom. The minimum Gasteiger partial charge on any atom is -0.492 e. The molecule has 1 aromatic rings. The van der Waals surface area contributed by atoms with Crippen LogP contribution >= 0.6 is 0 Å². The van der Waals surface area contributed by atoms with Crippen molar-refractivity contribution in [3.63, 3.8) is 0 Å². The molecule has 1 aromatic carbocycles. The first-order valence-electron chi connectivity index (χ1n) is 7.45. The highest BCUT2D eigenvalue weighted by atomic mass is 32.2. The van der Waals surface area contributed by atoms with E-state index in [1.165, 1.54) is 25.7 Å². The second-order valence-electron chi connectivity index (χ2n) is 6.20. The summed E-state index contributed by atoms with van der Waals surface area (Å²) in [7, 11) is -3.27. The van der Waals surface area contributed by atoms with Crippen molar-refractivity contribution in [1.82, 2.24) is 4.72 Å². The average molecular weight is 310 g/mol. The molecule has 3 rings (SSSR count). The average Bonchev–Trinajstić information content (AvgIpc) is 3.28. The van der Waals surface area contributed by atoms with Gasteiger partial charge in [0.2, 0.25) is 10.0 Å². The monoisotopic (exact) mass is 310 g/mol. The molecule has 0 bridgehead atoms. The second kappa shape index (κ2) is 5.50. The smallest absolute Gasteiger partial charge is 0.214 e. The molecule has 116 valence electrons.